The average Bonchev–Trinajstić information content (AvgIpc) is 2.86. The van der Waals surface area contributed by atoms with Gasteiger partial charge in [0.05, 0.1) is 13.2 Å². The van der Waals surface area contributed by atoms with Gasteiger partial charge in [-0.05, 0) is 61.2 Å². The molecule has 2 aromatic carbocycles. The van der Waals surface area contributed by atoms with Crippen molar-refractivity contribution < 1.29 is 14.3 Å². The fourth-order valence-electron chi connectivity index (χ4n) is 4.26. The number of carbonyl (C=O) groups is 1. The lowest BCUT2D eigenvalue weighted by Crippen LogP contribution is -2.24. The number of anilines is 3. The highest BCUT2D eigenvalue weighted by molar-refractivity contribution is 6.11. The van der Waals surface area contributed by atoms with Crippen LogP contribution in [0.3, 0.4) is 0 Å². The molecule has 1 aromatic heterocycles. The highest BCUT2D eigenvalue weighted by Gasteiger charge is 2.29. The monoisotopic (exact) mass is 486 g/mol. The summed E-state index contributed by atoms with van der Waals surface area (Å²) < 4.78 is 10.5. The zero-order valence-electron chi connectivity index (χ0n) is 21.2. The van der Waals surface area contributed by atoms with Gasteiger partial charge in [0, 0.05) is 49.3 Å². The Morgan fingerprint density at radius 1 is 1.14 bits per heavy atom. The van der Waals surface area contributed by atoms with E-state index in [0.717, 1.165) is 53.9 Å². The highest BCUT2D eigenvalue weighted by atomic mass is 16.5. The normalized spacial score (nSPS) is 13.1. The molecule has 4 rings (SSSR count). The summed E-state index contributed by atoms with van der Waals surface area (Å²) in [4.78, 5) is 19.6. The van der Waals surface area contributed by atoms with Gasteiger partial charge in [-0.3, -0.25) is 0 Å². The maximum absolute atomic E-state index is 12.8. The SMILES string of the molecule is CCOC(=O)c1cc(-c2ccc(N(C)CCOC)cc2)c(C(=N)C2CCC2)c(Nc2ccccc2)n1. The largest absolute Gasteiger partial charge is 0.461 e. The molecule has 0 aliphatic heterocycles. The van der Waals surface area contributed by atoms with Crippen molar-refractivity contribution in [2.75, 3.05) is 44.1 Å². The Balaban J connectivity index is 1.83. The molecule has 1 saturated carbocycles. The van der Waals surface area contributed by atoms with Crippen LogP contribution >= 0.6 is 0 Å². The summed E-state index contributed by atoms with van der Waals surface area (Å²) in [7, 11) is 3.72. The summed E-state index contributed by atoms with van der Waals surface area (Å²) in [5, 5.41) is 12.5. The number of hydrogen-bond donors (Lipinski definition) is 2. The number of benzene rings is 2. The third kappa shape index (κ3) is 5.74. The molecule has 0 spiro atoms. The van der Waals surface area contributed by atoms with E-state index in [2.05, 4.69) is 27.3 Å². The number of rotatable bonds is 11. The zero-order valence-corrected chi connectivity index (χ0v) is 21.2. The third-order valence-electron chi connectivity index (χ3n) is 6.57. The van der Waals surface area contributed by atoms with Crippen molar-refractivity contribution in [3.8, 4) is 11.1 Å². The second-order valence-electron chi connectivity index (χ2n) is 8.99. The van der Waals surface area contributed by atoms with E-state index in [9.17, 15) is 4.79 Å². The van der Waals surface area contributed by atoms with Crippen molar-refractivity contribution in [1.29, 1.82) is 5.41 Å². The van der Waals surface area contributed by atoms with Crippen LogP contribution in [0.2, 0.25) is 0 Å². The van der Waals surface area contributed by atoms with Gasteiger partial charge < -0.3 is 25.1 Å². The maximum atomic E-state index is 12.8. The van der Waals surface area contributed by atoms with Crippen LogP contribution in [-0.2, 0) is 9.47 Å². The van der Waals surface area contributed by atoms with Crippen LogP contribution in [0.4, 0.5) is 17.2 Å². The number of esters is 1. The molecule has 36 heavy (non-hydrogen) atoms. The van der Waals surface area contributed by atoms with Gasteiger partial charge >= 0.3 is 5.97 Å². The van der Waals surface area contributed by atoms with Crippen LogP contribution in [0.15, 0.2) is 60.7 Å². The molecule has 7 nitrogen and oxygen atoms in total. The van der Waals surface area contributed by atoms with Gasteiger partial charge in [-0.1, -0.05) is 36.8 Å². The van der Waals surface area contributed by atoms with Crippen molar-refractivity contribution in [3.05, 3.63) is 71.9 Å². The number of likely N-dealkylation sites (N-methyl/N-ethyl adjacent to an activating group) is 1. The van der Waals surface area contributed by atoms with Gasteiger partial charge in [0.1, 0.15) is 5.82 Å². The van der Waals surface area contributed by atoms with Crippen LogP contribution in [0.5, 0.6) is 0 Å². The van der Waals surface area contributed by atoms with Gasteiger partial charge in [-0.25, -0.2) is 9.78 Å². The minimum atomic E-state index is -0.479. The van der Waals surface area contributed by atoms with E-state index < -0.39 is 5.97 Å². The molecule has 0 radical (unpaired) electrons. The topological polar surface area (TPSA) is 87.5 Å². The number of nitrogens with zero attached hydrogens (tertiary/aromatic N) is 2. The first-order valence-corrected chi connectivity index (χ1v) is 12.4. The number of aromatic nitrogens is 1. The number of para-hydroxylation sites is 1. The van der Waals surface area contributed by atoms with Crippen LogP contribution < -0.4 is 10.2 Å². The predicted molar refractivity (Wildman–Crippen MR) is 145 cm³/mol. The summed E-state index contributed by atoms with van der Waals surface area (Å²) in [6.07, 6.45) is 3.11. The number of pyridine rings is 1. The molecule has 1 aliphatic carbocycles. The second-order valence-corrected chi connectivity index (χ2v) is 8.99. The summed E-state index contributed by atoms with van der Waals surface area (Å²) in [6, 6.07) is 19.6. The molecule has 1 heterocycles. The van der Waals surface area contributed by atoms with Crippen molar-refractivity contribution in [2.24, 2.45) is 5.92 Å². The lowest BCUT2D eigenvalue weighted by molar-refractivity contribution is 0.0519. The van der Waals surface area contributed by atoms with Gasteiger partial charge in [0.2, 0.25) is 0 Å². The predicted octanol–water partition coefficient (Wildman–Crippen LogP) is 5.92. The first-order chi connectivity index (χ1) is 17.5. The highest BCUT2D eigenvalue weighted by Crippen LogP contribution is 2.38. The van der Waals surface area contributed by atoms with Gasteiger partial charge in [0.25, 0.3) is 0 Å². The standard InChI is InChI=1S/C29H34N4O3/c1-4-36-29(34)25-19-24(20-13-15-23(16-14-20)33(2)17-18-35-3)26(27(30)21-9-8-10-21)28(32-25)31-22-11-6-5-7-12-22/h5-7,11-16,19,21,30H,4,8-10,17-18H2,1-3H3,(H,31,32). The summed E-state index contributed by atoms with van der Waals surface area (Å²) in [5.74, 6) is 0.210. The number of methoxy groups -OCH3 is 1. The maximum Gasteiger partial charge on any atom is 0.357 e. The number of nitrogens with one attached hydrogen (secondary N) is 2. The van der Waals surface area contributed by atoms with E-state index in [1.165, 1.54) is 0 Å². The Morgan fingerprint density at radius 3 is 2.47 bits per heavy atom. The van der Waals surface area contributed by atoms with Crippen molar-refractivity contribution in [2.45, 2.75) is 26.2 Å². The molecule has 0 unspecified atom stereocenters. The van der Waals surface area contributed by atoms with E-state index in [1.807, 2.05) is 49.5 Å². The lowest BCUT2D eigenvalue weighted by Gasteiger charge is -2.29. The number of carbonyl (C=O) groups excluding carboxylic acids is 1. The minimum Gasteiger partial charge on any atom is -0.461 e. The third-order valence-corrected chi connectivity index (χ3v) is 6.57. The Labute approximate surface area is 213 Å². The molecule has 0 bridgehead atoms. The molecule has 0 atom stereocenters. The molecule has 0 amide bonds. The van der Waals surface area contributed by atoms with Gasteiger partial charge in [-0.15, -0.1) is 0 Å². The molecule has 7 heteroatoms. The van der Waals surface area contributed by atoms with Gasteiger partial charge in [-0.2, -0.15) is 0 Å². The summed E-state index contributed by atoms with van der Waals surface area (Å²) in [5.41, 5.74) is 5.13. The molecular weight excluding hydrogens is 452 g/mol. The minimum absolute atomic E-state index is 0.190. The van der Waals surface area contributed by atoms with Crippen LogP contribution in [0.1, 0.15) is 42.2 Å². The summed E-state index contributed by atoms with van der Waals surface area (Å²) in [6.45, 7) is 3.46. The molecule has 3 aromatic rings. The van der Waals surface area contributed by atoms with E-state index >= 15 is 0 Å². The average molecular weight is 487 g/mol. The quantitative estimate of drug-likeness (QED) is 0.258. The lowest BCUT2D eigenvalue weighted by atomic mass is 9.78. The first-order valence-electron chi connectivity index (χ1n) is 12.4. The van der Waals surface area contributed by atoms with E-state index in [4.69, 9.17) is 14.9 Å². The Morgan fingerprint density at radius 2 is 1.86 bits per heavy atom. The smallest absolute Gasteiger partial charge is 0.357 e. The fraction of sp³-hybridized carbons (Fsp3) is 0.345. The molecule has 1 fully saturated rings. The molecule has 0 saturated heterocycles. The Kier molecular flexibility index (Phi) is 8.33. The fourth-order valence-corrected chi connectivity index (χ4v) is 4.26. The number of ether oxygens (including phenoxy) is 2. The van der Waals surface area contributed by atoms with Crippen LogP contribution in [-0.4, -0.2) is 50.6 Å². The first kappa shape index (κ1) is 25.4. The Bertz CT molecular complexity index is 1190. The molecule has 188 valence electrons. The van der Waals surface area contributed by atoms with Crippen molar-refractivity contribution in [1.82, 2.24) is 4.98 Å². The van der Waals surface area contributed by atoms with E-state index in [0.29, 0.717) is 18.1 Å². The van der Waals surface area contributed by atoms with Crippen molar-refractivity contribution >= 4 is 28.9 Å². The number of hydrogen-bond acceptors (Lipinski definition) is 7. The zero-order chi connectivity index (χ0) is 25.5. The van der Waals surface area contributed by atoms with Crippen LogP contribution in [0.25, 0.3) is 11.1 Å². The van der Waals surface area contributed by atoms with E-state index in [-0.39, 0.29) is 18.2 Å². The molecule has 1 aliphatic rings. The second kappa shape index (κ2) is 11.8. The van der Waals surface area contributed by atoms with Crippen molar-refractivity contribution in [3.63, 3.8) is 0 Å². The summed E-state index contributed by atoms with van der Waals surface area (Å²) >= 11 is 0. The molecule has 2 N–H and O–H groups in total. The molecular formula is C29H34N4O3. The Hall–Kier alpha value is -3.71. The van der Waals surface area contributed by atoms with Crippen LogP contribution in [0, 0.1) is 11.3 Å². The van der Waals surface area contributed by atoms with E-state index in [1.54, 1.807) is 20.1 Å². The van der Waals surface area contributed by atoms with Gasteiger partial charge in [0.15, 0.2) is 5.69 Å².